The van der Waals surface area contributed by atoms with Crippen LogP contribution in [0, 0.1) is 0 Å². The Morgan fingerprint density at radius 3 is 2.54 bits per heavy atom. The Morgan fingerprint density at radius 1 is 1.04 bits per heavy atom. The Hall–Kier alpha value is -3.73. The van der Waals surface area contributed by atoms with Crippen LogP contribution in [0.3, 0.4) is 0 Å². The third kappa shape index (κ3) is 5.14. The van der Waals surface area contributed by atoms with Crippen molar-refractivity contribution in [3.63, 3.8) is 0 Å². The summed E-state index contributed by atoms with van der Waals surface area (Å²) >= 11 is 0. The largest absolute Gasteiger partial charge is 0.504 e. The number of phenols is 1. The fourth-order valence-corrected chi connectivity index (χ4v) is 2.60. The number of anilines is 1. The molecule has 0 bridgehead atoms. The molecule has 0 radical (unpaired) electrons. The second-order valence-electron chi connectivity index (χ2n) is 6.01. The van der Waals surface area contributed by atoms with Crippen molar-refractivity contribution in [1.29, 1.82) is 0 Å². The second-order valence-corrected chi connectivity index (χ2v) is 6.01. The molecule has 0 aliphatic rings. The fraction of sp³-hybridized carbons (Fsp3) is 0.0870. The van der Waals surface area contributed by atoms with Gasteiger partial charge in [0.05, 0.1) is 7.11 Å². The van der Waals surface area contributed by atoms with Crippen molar-refractivity contribution >= 4 is 17.7 Å². The molecule has 0 saturated heterocycles. The number of phenolic OH excluding ortho intramolecular Hbond substituents is 1. The van der Waals surface area contributed by atoms with Gasteiger partial charge in [-0.15, -0.1) is 0 Å². The number of carbonyl (C=O) groups excluding carboxylic acids is 1. The summed E-state index contributed by atoms with van der Waals surface area (Å²) in [6.45, 7) is 0.344. The van der Waals surface area contributed by atoms with E-state index < -0.39 is 0 Å². The van der Waals surface area contributed by atoms with Crippen molar-refractivity contribution in [3.8, 4) is 17.2 Å². The molecule has 0 spiro atoms. The molecule has 0 heterocycles. The Labute approximate surface area is 163 Å². The zero-order valence-corrected chi connectivity index (χ0v) is 15.5. The van der Waals surface area contributed by atoms with E-state index in [1.165, 1.54) is 19.3 Å². The second kappa shape index (κ2) is 9.28. The summed E-state index contributed by atoms with van der Waals surface area (Å²) in [7, 11) is 1.48. The maximum absolute atomic E-state index is 12.3. The van der Waals surface area contributed by atoms with Crippen LogP contribution >= 0.6 is 0 Å². The Bertz CT molecular complexity index is 967. The number of rotatable bonds is 7. The van der Waals surface area contributed by atoms with Crippen LogP contribution in [-0.2, 0) is 11.4 Å². The molecule has 0 fully saturated rings. The molecule has 3 rings (SSSR count). The smallest absolute Gasteiger partial charge is 0.248 e. The fourth-order valence-electron chi connectivity index (χ4n) is 2.60. The van der Waals surface area contributed by atoms with E-state index in [1.807, 2.05) is 54.6 Å². The third-order valence-corrected chi connectivity index (χ3v) is 4.04. The molecule has 5 heteroatoms. The number of amides is 1. The van der Waals surface area contributed by atoms with Crippen LogP contribution in [0.1, 0.15) is 11.1 Å². The van der Waals surface area contributed by atoms with Gasteiger partial charge in [-0.05, 0) is 42.0 Å². The zero-order valence-electron chi connectivity index (χ0n) is 15.5. The van der Waals surface area contributed by atoms with Crippen LogP contribution in [0.5, 0.6) is 17.2 Å². The summed E-state index contributed by atoms with van der Waals surface area (Å²) in [6.07, 6.45) is 3.04. The van der Waals surface area contributed by atoms with Crippen molar-refractivity contribution in [2.24, 2.45) is 0 Å². The first-order valence-corrected chi connectivity index (χ1v) is 8.77. The van der Waals surface area contributed by atoms with E-state index in [9.17, 15) is 9.90 Å². The van der Waals surface area contributed by atoms with E-state index in [0.717, 1.165) is 11.3 Å². The minimum Gasteiger partial charge on any atom is -0.504 e. The van der Waals surface area contributed by atoms with Crippen molar-refractivity contribution in [1.82, 2.24) is 0 Å². The molecule has 0 unspecified atom stereocenters. The first-order chi connectivity index (χ1) is 13.7. The first-order valence-electron chi connectivity index (χ1n) is 8.77. The lowest BCUT2D eigenvalue weighted by atomic mass is 10.1. The lowest BCUT2D eigenvalue weighted by Crippen LogP contribution is -2.10. The van der Waals surface area contributed by atoms with Crippen LogP contribution in [0.2, 0.25) is 0 Å². The van der Waals surface area contributed by atoms with E-state index in [-0.39, 0.29) is 11.7 Å². The average molecular weight is 375 g/mol. The predicted molar refractivity (Wildman–Crippen MR) is 110 cm³/mol. The maximum Gasteiger partial charge on any atom is 0.248 e. The van der Waals surface area contributed by atoms with Gasteiger partial charge in [-0.25, -0.2) is 0 Å². The van der Waals surface area contributed by atoms with Crippen molar-refractivity contribution in [2.75, 3.05) is 12.4 Å². The van der Waals surface area contributed by atoms with Gasteiger partial charge in [0.1, 0.15) is 12.4 Å². The Kier molecular flexibility index (Phi) is 6.31. The van der Waals surface area contributed by atoms with Crippen LogP contribution in [0.15, 0.2) is 78.9 Å². The number of aromatic hydroxyl groups is 1. The number of hydrogen-bond acceptors (Lipinski definition) is 4. The molecule has 0 aliphatic heterocycles. The third-order valence-electron chi connectivity index (χ3n) is 4.04. The molecule has 0 atom stereocenters. The highest BCUT2D eigenvalue weighted by atomic mass is 16.5. The van der Waals surface area contributed by atoms with Gasteiger partial charge in [0, 0.05) is 17.3 Å². The van der Waals surface area contributed by atoms with Gasteiger partial charge in [-0.2, -0.15) is 0 Å². The number of para-hydroxylation sites is 2. The predicted octanol–water partition coefficient (Wildman–Crippen LogP) is 4.63. The van der Waals surface area contributed by atoms with Crippen molar-refractivity contribution in [3.05, 3.63) is 90.0 Å². The maximum atomic E-state index is 12.3. The molecule has 5 nitrogen and oxygen atoms in total. The zero-order chi connectivity index (χ0) is 19.8. The molecule has 28 heavy (non-hydrogen) atoms. The van der Waals surface area contributed by atoms with Crippen LogP contribution in [-0.4, -0.2) is 18.1 Å². The van der Waals surface area contributed by atoms with E-state index >= 15 is 0 Å². The van der Waals surface area contributed by atoms with Crippen LogP contribution in [0.25, 0.3) is 6.08 Å². The minimum absolute atomic E-state index is 0.0217. The van der Waals surface area contributed by atoms with Gasteiger partial charge in [-0.1, -0.05) is 42.5 Å². The SMILES string of the molecule is COc1ccc(C=CC(=O)Nc2ccccc2COc2ccccc2)cc1O. The molecular formula is C23H21NO4. The first kappa shape index (κ1) is 19.0. The van der Waals surface area contributed by atoms with Gasteiger partial charge in [-0.3, -0.25) is 4.79 Å². The van der Waals surface area contributed by atoms with Gasteiger partial charge in [0.25, 0.3) is 0 Å². The standard InChI is InChI=1S/C23H21NO4/c1-27-22-13-11-17(15-21(22)25)12-14-23(26)24-20-10-6-5-7-18(20)16-28-19-8-3-2-4-9-19/h2-15,25H,16H2,1H3,(H,24,26). The highest BCUT2D eigenvalue weighted by Gasteiger charge is 2.06. The lowest BCUT2D eigenvalue weighted by molar-refractivity contribution is -0.111. The topological polar surface area (TPSA) is 67.8 Å². The number of hydrogen-bond donors (Lipinski definition) is 2. The molecule has 0 saturated carbocycles. The normalized spacial score (nSPS) is 10.6. The van der Waals surface area contributed by atoms with Crippen molar-refractivity contribution < 1.29 is 19.4 Å². The number of benzene rings is 3. The summed E-state index contributed by atoms with van der Waals surface area (Å²) < 4.78 is 10.8. The Balaban J connectivity index is 1.64. The number of ether oxygens (including phenoxy) is 2. The van der Waals surface area contributed by atoms with Crippen LogP contribution in [0.4, 0.5) is 5.69 Å². The number of nitrogens with one attached hydrogen (secondary N) is 1. The van der Waals surface area contributed by atoms with Gasteiger partial charge in [0.15, 0.2) is 11.5 Å². The molecule has 2 N–H and O–H groups in total. The summed E-state index contributed by atoms with van der Waals surface area (Å²) in [5.74, 6) is 0.896. The molecular weight excluding hydrogens is 354 g/mol. The molecule has 0 aromatic heterocycles. The summed E-state index contributed by atoms with van der Waals surface area (Å²) in [6, 6.07) is 21.9. The minimum atomic E-state index is -0.275. The molecule has 3 aromatic carbocycles. The summed E-state index contributed by atoms with van der Waals surface area (Å²) in [5.41, 5.74) is 2.25. The van der Waals surface area contributed by atoms with E-state index in [1.54, 1.807) is 18.2 Å². The summed E-state index contributed by atoms with van der Waals surface area (Å²) in [5, 5.41) is 12.7. The Morgan fingerprint density at radius 2 is 1.79 bits per heavy atom. The average Bonchev–Trinajstić information content (AvgIpc) is 2.72. The number of carbonyl (C=O) groups is 1. The van der Waals surface area contributed by atoms with Gasteiger partial charge < -0.3 is 19.9 Å². The molecule has 142 valence electrons. The van der Waals surface area contributed by atoms with E-state index in [2.05, 4.69) is 5.32 Å². The number of methoxy groups -OCH3 is 1. The van der Waals surface area contributed by atoms with Gasteiger partial charge in [0.2, 0.25) is 5.91 Å². The van der Waals surface area contributed by atoms with Crippen molar-refractivity contribution in [2.45, 2.75) is 6.61 Å². The quantitative estimate of drug-likeness (QED) is 0.591. The molecule has 3 aromatic rings. The molecule has 0 aliphatic carbocycles. The van der Waals surface area contributed by atoms with Gasteiger partial charge >= 0.3 is 0 Å². The van der Waals surface area contributed by atoms with Crippen LogP contribution < -0.4 is 14.8 Å². The molecule has 1 amide bonds. The highest BCUT2D eigenvalue weighted by Crippen LogP contribution is 2.26. The van der Waals surface area contributed by atoms with E-state index in [4.69, 9.17) is 9.47 Å². The lowest BCUT2D eigenvalue weighted by Gasteiger charge is -2.11. The van der Waals surface area contributed by atoms with E-state index in [0.29, 0.717) is 23.6 Å². The monoisotopic (exact) mass is 375 g/mol. The highest BCUT2D eigenvalue weighted by molar-refractivity contribution is 6.02. The summed E-state index contributed by atoms with van der Waals surface area (Å²) in [4.78, 5) is 12.3.